The predicted octanol–water partition coefficient (Wildman–Crippen LogP) is 10.5. The van der Waals surface area contributed by atoms with Crippen LogP contribution in [0.5, 0.6) is 5.75 Å². The highest BCUT2D eigenvalue weighted by Crippen LogP contribution is 2.49. The monoisotopic (exact) mass is 632 g/mol. The Morgan fingerprint density at radius 3 is 1.43 bits per heavy atom. The normalized spacial score (nSPS) is 13.8. The van der Waals surface area contributed by atoms with Crippen LogP contribution in [0.15, 0.2) is 188 Å². The molecule has 1 N–H and O–H groups in total. The van der Waals surface area contributed by atoms with Crippen LogP contribution in [-0.4, -0.2) is 15.5 Å². The lowest BCUT2D eigenvalue weighted by atomic mass is 9.98. The quantitative estimate of drug-likeness (QED) is 0.178. The molecular weight excluding hydrogens is 601 g/mol. The number of ketones is 1. The summed E-state index contributed by atoms with van der Waals surface area (Å²) in [5.74, 6) is -0.0340. The Kier molecular flexibility index (Phi) is 7.80. The van der Waals surface area contributed by atoms with Crippen LogP contribution in [0.1, 0.15) is 16.8 Å². The van der Waals surface area contributed by atoms with Gasteiger partial charge in [-0.05, 0) is 52.6 Å². The molecule has 49 heavy (non-hydrogen) atoms. The second-order valence-corrected chi connectivity index (χ2v) is 11.8. The van der Waals surface area contributed by atoms with Gasteiger partial charge in [0, 0.05) is 11.4 Å². The maximum Gasteiger partial charge on any atom is 0.212 e. The molecule has 0 radical (unpaired) electrons. The van der Waals surface area contributed by atoms with Gasteiger partial charge in [-0.2, -0.15) is 0 Å². The summed E-state index contributed by atoms with van der Waals surface area (Å²) in [6.07, 6.45) is 1.86. The molecule has 0 spiro atoms. The maximum absolute atomic E-state index is 15.0. The predicted molar refractivity (Wildman–Crippen MR) is 200 cm³/mol. The van der Waals surface area contributed by atoms with E-state index in [0.29, 0.717) is 22.5 Å². The van der Waals surface area contributed by atoms with Gasteiger partial charge in [0.1, 0.15) is 5.75 Å². The molecule has 8 rings (SSSR count). The van der Waals surface area contributed by atoms with Gasteiger partial charge < -0.3 is 14.6 Å². The van der Waals surface area contributed by atoms with E-state index in [1.54, 1.807) is 0 Å². The van der Waals surface area contributed by atoms with Gasteiger partial charge in [-0.1, -0.05) is 158 Å². The van der Waals surface area contributed by atoms with Gasteiger partial charge in [-0.15, -0.1) is 0 Å². The minimum atomic E-state index is -0.128. The number of hydrogen-bond donors (Lipinski definition) is 1. The minimum absolute atomic E-state index is 0.0941. The minimum Gasteiger partial charge on any atom is -0.505 e. The van der Waals surface area contributed by atoms with Crippen molar-refractivity contribution in [3.63, 3.8) is 0 Å². The lowest BCUT2D eigenvalue weighted by Crippen LogP contribution is -2.19. The number of aromatic hydroxyl groups is 1. The number of allylic oxidation sites excluding steroid dienone is 1. The number of carbonyl (C=O) groups is 1. The third-order valence-corrected chi connectivity index (χ3v) is 8.86. The molecule has 4 heteroatoms. The van der Waals surface area contributed by atoms with Crippen LogP contribution in [0.4, 0.5) is 5.69 Å². The number of benzene rings is 6. The summed E-state index contributed by atoms with van der Waals surface area (Å²) in [7, 11) is 0. The molecule has 0 unspecified atom stereocenters. The molecule has 1 aromatic heterocycles. The Labute approximate surface area is 285 Å². The van der Waals surface area contributed by atoms with Crippen LogP contribution in [0.2, 0.25) is 0 Å². The Bertz CT molecular complexity index is 2310. The lowest BCUT2D eigenvalue weighted by molar-refractivity contribution is -0.110. The number of hydrogen-bond acceptors (Lipinski definition) is 3. The van der Waals surface area contributed by atoms with E-state index in [2.05, 4.69) is 16.7 Å². The fourth-order valence-electron chi connectivity index (χ4n) is 6.72. The third-order valence-electron chi connectivity index (χ3n) is 8.86. The largest absolute Gasteiger partial charge is 0.505 e. The molecule has 4 nitrogen and oxygen atoms in total. The van der Waals surface area contributed by atoms with E-state index in [1.165, 1.54) is 0 Å². The number of para-hydroxylation sites is 2. The van der Waals surface area contributed by atoms with Crippen LogP contribution < -0.4 is 4.90 Å². The van der Waals surface area contributed by atoms with Gasteiger partial charge in [0.25, 0.3) is 0 Å². The Morgan fingerprint density at radius 2 is 0.898 bits per heavy atom. The summed E-state index contributed by atoms with van der Waals surface area (Å²) in [6.45, 7) is 0. The lowest BCUT2D eigenvalue weighted by Gasteiger charge is -2.24. The highest BCUT2D eigenvalue weighted by atomic mass is 16.3. The fraction of sp³-hybridized carbons (Fsp3) is 0. The second-order valence-electron chi connectivity index (χ2n) is 11.8. The number of aromatic nitrogens is 1. The molecule has 1 aliphatic heterocycles. The van der Waals surface area contributed by atoms with Crippen molar-refractivity contribution in [1.29, 1.82) is 0 Å². The molecule has 1 aliphatic rings. The van der Waals surface area contributed by atoms with Gasteiger partial charge in [0.05, 0.1) is 33.9 Å². The van der Waals surface area contributed by atoms with Gasteiger partial charge in [-0.25, -0.2) is 0 Å². The molecular formula is C45H32N2O2. The number of anilines is 1. The van der Waals surface area contributed by atoms with E-state index in [1.807, 2.05) is 181 Å². The third kappa shape index (κ3) is 5.35. The van der Waals surface area contributed by atoms with Crippen LogP contribution in [0.3, 0.4) is 0 Å². The smallest absolute Gasteiger partial charge is 0.212 e. The molecule has 2 heterocycles. The van der Waals surface area contributed by atoms with Crippen LogP contribution in [0, 0.1) is 0 Å². The Balaban J connectivity index is 1.47. The molecule has 0 aliphatic carbocycles. The zero-order valence-electron chi connectivity index (χ0n) is 26.6. The van der Waals surface area contributed by atoms with Crippen LogP contribution >= 0.6 is 0 Å². The molecule has 7 aromatic rings. The Morgan fingerprint density at radius 1 is 0.469 bits per heavy atom. The summed E-state index contributed by atoms with van der Waals surface area (Å²) >= 11 is 0. The first-order valence-electron chi connectivity index (χ1n) is 16.3. The molecule has 234 valence electrons. The zero-order valence-corrected chi connectivity index (χ0v) is 26.6. The summed E-state index contributed by atoms with van der Waals surface area (Å²) in [5, 5.41) is 12.4. The zero-order chi connectivity index (χ0) is 33.2. The van der Waals surface area contributed by atoms with E-state index in [4.69, 9.17) is 0 Å². The molecule has 0 saturated heterocycles. The highest BCUT2D eigenvalue weighted by Gasteiger charge is 2.38. The average molecular weight is 633 g/mol. The molecule has 0 atom stereocenters. The molecule has 0 amide bonds. The SMILES string of the molecule is O=C1C(=Cc2c(O)c(-c3ccccc3)c(-c3ccccc3)n2-c2ccccc2)N(c2ccccc2)C(c2ccccc2)=C1c1ccccc1. The summed E-state index contributed by atoms with van der Waals surface area (Å²) in [5.41, 5.74) is 9.13. The van der Waals surface area contributed by atoms with Crippen molar-refractivity contribution in [2.75, 3.05) is 4.90 Å². The van der Waals surface area contributed by atoms with Crippen molar-refractivity contribution >= 4 is 28.8 Å². The van der Waals surface area contributed by atoms with Crippen molar-refractivity contribution in [3.05, 3.63) is 205 Å². The van der Waals surface area contributed by atoms with E-state index in [-0.39, 0.29) is 11.5 Å². The van der Waals surface area contributed by atoms with Crippen LogP contribution in [0.25, 0.3) is 45.4 Å². The number of nitrogens with zero attached hydrogens (tertiary/aromatic N) is 2. The van der Waals surface area contributed by atoms with Crippen molar-refractivity contribution in [1.82, 2.24) is 4.57 Å². The van der Waals surface area contributed by atoms with Crippen molar-refractivity contribution in [3.8, 4) is 33.8 Å². The average Bonchev–Trinajstić information content (AvgIpc) is 3.63. The number of rotatable bonds is 7. The topological polar surface area (TPSA) is 45.5 Å². The van der Waals surface area contributed by atoms with E-state index in [0.717, 1.165) is 45.0 Å². The number of carbonyl (C=O) groups excluding carboxylic acids is 1. The van der Waals surface area contributed by atoms with Crippen molar-refractivity contribution in [2.24, 2.45) is 0 Å². The van der Waals surface area contributed by atoms with E-state index < -0.39 is 0 Å². The van der Waals surface area contributed by atoms with Gasteiger partial charge in [0.2, 0.25) is 5.78 Å². The van der Waals surface area contributed by atoms with Crippen molar-refractivity contribution in [2.45, 2.75) is 0 Å². The summed E-state index contributed by atoms with van der Waals surface area (Å²) in [6, 6.07) is 59.8. The highest BCUT2D eigenvalue weighted by molar-refractivity contribution is 6.42. The van der Waals surface area contributed by atoms with Gasteiger partial charge in [0.15, 0.2) is 0 Å². The summed E-state index contributed by atoms with van der Waals surface area (Å²) < 4.78 is 2.07. The molecule has 0 fully saturated rings. The number of Topliss-reactive ketones (excluding diaryl/α,β-unsaturated/α-hetero) is 1. The first-order chi connectivity index (χ1) is 24.2. The maximum atomic E-state index is 15.0. The molecule has 6 aromatic carbocycles. The standard InChI is InChI=1S/C45H32N2O2/c48-44-38(46(36-27-15-5-16-28-36)42(34-23-11-3-12-24-34)40(44)32-19-7-1-8-20-32)31-39-45(49)41(33-21-9-2-10-22-33)43(35-25-13-4-14-26-35)47(39)37-29-17-6-18-30-37/h1-31,48H. The van der Waals surface area contributed by atoms with Crippen LogP contribution in [-0.2, 0) is 4.79 Å². The fourth-order valence-corrected chi connectivity index (χ4v) is 6.72. The van der Waals surface area contributed by atoms with Gasteiger partial charge in [-0.3, -0.25) is 4.79 Å². The first-order valence-corrected chi connectivity index (χ1v) is 16.3. The molecule has 0 bridgehead atoms. The van der Waals surface area contributed by atoms with Crippen molar-refractivity contribution < 1.29 is 9.90 Å². The second kappa shape index (κ2) is 12.9. The Hall–Kier alpha value is -6.65. The van der Waals surface area contributed by atoms with E-state index in [9.17, 15) is 5.11 Å². The first kappa shape index (κ1) is 29.7. The molecule has 0 saturated carbocycles. The van der Waals surface area contributed by atoms with E-state index >= 15 is 4.79 Å². The summed E-state index contributed by atoms with van der Waals surface area (Å²) in [4.78, 5) is 17.0. The van der Waals surface area contributed by atoms with Gasteiger partial charge >= 0.3 is 0 Å².